The zero-order chi connectivity index (χ0) is 23.1. The summed E-state index contributed by atoms with van der Waals surface area (Å²) >= 11 is -0.750. The maximum Gasteiger partial charge on any atom is 0.335 e. The largest absolute Gasteiger partial charge is 0.486 e. The summed E-state index contributed by atoms with van der Waals surface area (Å²) in [4.78, 5) is 22.9. The molecule has 1 aromatic heterocycles. The maximum atomic E-state index is 13.4. The molecule has 166 valence electrons. The fourth-order valence-corrected chi connectivity index (χ4v) is 3.01. The summed E-state index contributed by atoms with van der Waals surface area (Å²) in [7, 11) is 0. The molecule has 3 aromatic rings. The first-order valence-electron chi connectivity index (χ1n) is 9.69. The predicted octanol–water partition coefficient (Wildman–Crippen LogP) is 3.08. The van der Waals surface area contributed by atoms with E-state index >= 15 is 0 Å². The summed E-state index contributed by atoms with van der Waals surface area (Å²) in [5.41, 5.74) is 2.98. The molecule has 0 aliphatic carbocycles. The second-order valence-electron chi connectivity index (χ2n) is 7.20. The van der Waals surface area contributed by atoms with Gasteiger partial charge in [0.25, 0.3) is 5.91 Å². The van der Waals surface area contributed by atoms with Gasteiger partial charge in [-0.15, -0.1) is 0 Å². The average molecular weight is 456 g/mol. The number of hydrogen-bond donors (Lipinski definition) is 1. The summed E-state index contributed by atoms with van der Waals surface area (Å²) in [6.45, 7) is 5.12. The van der Waals surface area contributed by atoms with E-state index in [4.69, 9.17) is 13.2 Å². The van der Waals surface area contributed by atoms with E-state index in [1.165, 1.54) is 18.3 Å². The number of ether oxygens (including phenoxy) is 1. The Morgan fingerprint density at radius 3 is 2.41 bits per heavy atom. The molecule has 0 saturated carbocycles. The number of aromatic nitrogens is 2. The minimum absolute atomic E-state index is 0.0400. The second-order valence-corrected chi connectivity index (χ2v) is 7.34. The molecule has 0 atom stereocenters. The standard InChI is InChI=1S/C22H21FN4O2.O2S/c1-14-3-7-17(8-4-14)26-22(28)19-10-25-21(11-24-19)27-12-18(13-27)29-20-9-16(23)6-5-15(20)2;1-3-2/h3-11,18H,12-13H2,1-2H3,(H,26,28);. The van der Waals surface area contributed by atoms with Crippen LogP contribution in [0.4, 0.5) is 15.9 Å². The number of benzene rings is 2. The van der Waals surface area contributed by atoms with Gasteiger partial charge in [0.2, 0.25) is 0 Å². The van der Waals surface area contributed by atoms with Gasteiger partial charge in [-0.2, -0.15) is 8.42 Å². The molecule has 10 heteroatoms. The van der Waals surface area contributed by atoms with E-state index in [0.717, 1.165) is 11.1 Å². The van der Waals surface area contributed by atoms with Gasteiger partial charge in [0.1, 0.15) is 29.2 Å². The number of carbonyl (C=O) groups is 1. The molecule has 1 N–H and O–H groups in total. The number of anilines is 2. The minimum atomic E-state index is -0.750. The van der Waals surface area contributed by atoms with Gasteiger partial charge >= 0.3 is 11.6 Å². The second kappa shape index (κ2) is 10.6. The van der Waals surface area contributed by atoms with Crippen LogP contribution in [0.1, 0.15) is 21.6 Å². The molecule has 8 nitrogen and oxygen atoms in total. The van der Waals surface area contributed by atoms with Crippen LogP contribution < -0.4 is 15.0 Å². The van der Waals surface area contributed by atoms with E-state index in [0.29, 0.717) is 30.3 Å². The van der Waals surface area contributed by atoms with Crippen molar-refractivity contribution in [2.45, 2.75) is 20.0 Å². The lowest BCUT2D eigenvalue weighted by atomic mass is 10.1. The van der Waals surface area contributed by atoms with Crippen LogP contribution in [0.5, 0.6) is 5.75 Å². The van der Waals surface area contributed by atoms with Crippen molar-refractivity contribution in [1.29, 1.82) is 0 Å². The van der Waals surface area contributed by atoms with E-state index in [-0.39, 0.29) is 23.5 Å². The Hall–Kier alpha value is -3.66. The lowest BCUT2D eigenvalue weighted by molar-refractivity contribution is 0.102. The highest BCUT2D eigenvalue weighted by molar-refractivity contribution is 7.51. The van der Waals surface area contributed by atoms with Crippen molar-refractivity contribution in [3.63, 3.8) is 0 Å². The molecule has 32 heavy (non-hydrogen) atoms. The number of halogens is 1. The normalized spacial score (nSPS) is 12.8. The summed E-state index contributed by atoms with van der Waals surface area (Å²) in [6.07, 6.45) is 3.00. The van der Waals surface area contributed by atoms with Gasteiger partial charge in [0.15, 0.2) is 0 Å². The van der Waals surface area contributed by atoms with Crippen molar-refractivity contribution in [2.75, 3.05) is 23.3 Å². The lowest BCUT2D eigenvalue weighted by Crippen LogP contribution is -2.54. The number of amides is 1. The summed E-state index contributed by atoms with van der Waals surface area (Å²) < 4.78 is 35.8. The molecule has 1 amide bonds. The van der Waals surface area contributed by atoms with Gasteiger partial charge in [0.05, 0.1) is 25.5 Å². The lowest BCUT2D eigenvalue weighted by Gasteiger charge is -2.39. The Morgan fingerprint density at radius 2 is 1.78 bits per heavy atom. The van der Waals surface area contributed by atoms with Gasteiger partial charge in [-0.3, -0.25) is 4.79 Å². The highest BCUT2D eigenvalue weighted by atomic mass is 32.1. The number of nitrogens with one attached hydrogen (secondary N) is 1. The SMILES string of the molecule is Cc1ccc(NC(=O)c2cnc(N3CC(Oc4cc(F)ccc4C)C3)cn2)cc1.O=S=O. The first kappa shape index (κ1) is 23.0. The average Bonchev–Trinajstić information content (AvgIpc) is 2.75. The molecular formula is C22H21FN4O4S. The molecule has 1 fully saturated rings. The highest BCUT2D eigenvalue weighted by Crippen LogP contribution is 2.25. The van der Waals surface area contributed by atoms with Crippen LogP contribution in [0, 0.1) is 19.7 Å². The van der Waals surface area contributed by atoms with Crippen molar-refractivity contribution in [2.24, 2.45) is 0 Å². The van der Waals surface area contributed by atoms with Crippen molar-refractivity contribution >= 4 is 29.0 Å². The molecule has 1 saturated heterocycles. The van der Waals surface area contributed by atoms with Crippen LogP contribution in [0.3, 0.4) is 0 Å². The Morgan fingerprint density at radius 1 is 1.09 bits per heavy atom. The number of rotatable bonds is 5. The van der Waals surface area contributed by atoms with E-state index in [1.54, 1.807) is 12.3 Å². The van der Waals surface area contributed by atoms with Crippen molar-refractivity contribution < 1.29 is 22.3 Å². The van der Waals surface area contributed by atoms with Crippen molar-refractivity contribution in [3.05, 3.63) is 77.5 Å². The van der Waals surface area contributed by atoms with Gasteiger partial charge in [-0.05, 0) is 37.6 Å². The highest BCUT2D eigenvalue weighted by Gasteiger charge is 2.30. The number of aryl methyl sites for hydroxylation is 2. The topological polar surface area (TPSA) is 101 Å². The Balaban J connectivity index is 0.000000913. The smallest absolute Gasteiger partial charge is 0.335 e. The molecule has 1 aliphatic heterocycles. The molecule has 1 aliphatic rings. The summed E-state index contributed by atoms with van der Waals surface area (Å²) in [5, 5.41) is 2.80. The van der Waals surface area contributed by atoms with E-state index in [2.05, 4.69) is 15.3 Å². The van der Waals surface area contributed by atoms with E-state index in [9.17, 15) is 9.18 Å². The zero-order valence-corrected chi connectivity index (χ0v) is 18.3. The first-order valence-corrected chi connectivity index (χ1v) is 10.4. The predicted molar refractivity (Wildman–Crippen MR) is 118 cm³/mol. The molecule has 0 spiro atoms. The van der Waals surface area contributed by atoms with Gasteiger partial charge in [-0.25, -0.2) is 14.4 Å². The Bertz CT molecular complexity index is 1110. The van der Waals surface area contributed by atoms with Crippen LogP contribution in [0.2, 0.25) is 0 Å². The molecule has 2 heterocycles. The first-order chi connectivity index (χ1) is 15.4. The minimum Gasteiger partial charge on any atom is -0.486 e. The van der Waals surface area contributed by atoms with Gasteiger partial charge in [-0.1, -0.05) is 23.8 Å². The number of carbonyl (C=O) groups excluding carboxylic acids is 1. The van der Waals surface area contributed by atoms with E-state index in [1.807, 2.05) is 43.0 Å². The molecule has 4 rings (SSSR count). The van der Waals surface area contributed by atoms with E-state index < -0.39 is 11.6 Å². The maximum absolute atomic E-state index is 13.4. The number of hydrogen-bond acceptors (Lipinski definition) is 7. The monoisotopic (exact) mass is 456 g/mol. The van der Waals surface area contributed by atoms with Gasteiger partial charge in [0, 0.05) is 11.8 Å². The van der Waals surface area contributed by atoms with Crippen LogP contribution in [-0.4, -0.2) is 43.5 Å². The van der Waals surface area contributed by atoms with Crippen LogP contribution >= 0.6 is 0 Å². The fourth-order valence-electron chi connectivity index (χ4n) is 3.01. The molecular weight excluding hydrogens is 435 g/mol. The number of nitrogens with zero attached hydrogens (tertiary/aromatic N) is 3. The summed E-state index contributed by atoms with van der Waals surface area (Å²) in [6, 6.07) is 12.1. The third-order valence-corrected chi connectivity index (χ3v) is 4.80. The van der Waals surface area contributed by atoms with Crippen molar-refractivity contribution in [3.8, 4) is 5.75 Å². The van der Waals surface area contributed by atoms with Crippen LogP contribution in [-0.2, 0) is 11.6 Å². The van der Waals surface area contributed by atoms with Crippen molar-refractivity contribution in [1.82, 2.24) is 9.97 Å². The Kier molecular flexibility index (Phi) is 7.61. The van der Waals surface area contributed by atoms with Crippen LogP contribution in [0.15, 0.2) is 54.9 Å². The quantitative estimate of drug-likeness (QED) is 0.630. The summed E-state index contributed by atoms with van der Waals surface area (Å²) in [5.74, 6) is 0.614. The molecule has 2 aromatic carbocycles. The fraction of sp³-hybridized carbons (Fsp3) is 0.227. The molecule has 0 unspecified atom stereocenters. The zero-order valence-electron chi connectivity index (χ0n) is 17.4. The van der Waals surface area contributed by atoms with Gasteiger partial charge < -0.3 is 15.0 Å². The third-order valence-electron chi connectivity index (χ3n) is 4.80. The molecule has 0 bridgehead atoms. The molecule has 0 radical (unpaired) electrons. The Labute approximate surface area is 188 Å². The van der Waals surface area contributed by atoms with Crippen LogP contribution in [0.25, 0.3) is 0 Å². The third kappa shape index (κ3) is 5.94.